The lowest BCUT2D eigenvalue weighted by molar-refractivity contribution is 0.143. The molecule has 1 aromatic carbocycles. The zero-order valence-electron chi connectivity index (χ0n) is 12.4. The second kappa shape index (κ2) is 7.30. The van der Waals surface area contributed by atoms with E-state index in [0.29, 0.717) is 5.92 Å². The molecule has 3 nitrogen and oxygen atoms in total. The van der Waals surface area contributed by atoms with Crippen LogP contribution in [0.15, 0.2) is 18.2 Å². The Morgan fingerprint density at radius 1 is 1.50 bits per heavy atom. The summed E-state index contributed by atoms with van der Waals surface area (Å²) in [4.78, 5) is 2.38. The quantitative estimate of drug-likeness (QED) is 0.907. The maximum absolute atomic E-state index is 6.46. The number of rotatable bonds is 5. The van der Waals surface area contributed by atoms with Crippen molar-refractivity contribution in [2.75, 3.05) is 31.7 Å². The number of hydrogen-bond donors (Lipinski definition) is 1. The van der Waals surface area contributed by atoms with Crippen LogP contribution in [0.25, 0.3) is 0 Å². The summed E-state index contributed by atoms with van der Waals surface area (Å²) in [5.41, 5.74) is 8.19. The molecule has 4 heteroatoms. The maximum atomic E-state index is 6.46. The fraction of sp³-hybridized carbons (Fsp3) is 0.625. The second-order valence-electron chi connectivity index (χ2n) is 5.88. The fourth-order valence-corrected chi connectivity index (χ4v) is 3.28. The van der Waals surface area contributed by atoms with Gasteiger partial charge in [0.15, 0.2) is 0 Å². The molecule has 0 amide bonds. The standard InChI is InChI=1S/C16H25ClN2O/c1-12(18)8-13-5-6-16(15(17)9-13)19-7-3-4-14(10-19)11-20-2/h5-6,9,12,14H,3-4,7-8,10-11,18H2,1-2H3. The average Bonchev–Trinajstić information content (AvgIpc) is 2.39. The normalized spacial score (nSPS) is 21.0. The zero-order chi connectivity index (χ0) is 14.5. The molecule has 112 valence electrons. The molecule has 1 aliphatic rings. The molecule has 0 aromatic heterocycles. The van der Waals surface area contributed by atoms with Crippen LogP contribution in [-0.4, -0.2) is 32.8 Å². The molecule has 1 aromatic rings. The molecule has 1 heterocycles. The Morgan fingerprint density at radius 3 is 2.95 bits per heavy atom. The number of nitrogens with zero attached hydrogens (tertiary/aromatic N) is 1. The van der Waals surface area contributed by atoms with E-state index in [1.165, 1.54) is 18.4 Å². The van der Waals surface area contributed by atoms with Crippen LogP contribution >= 0.6 is 11.6 Å². The minimum absolute atomic E-state index is 0.165. The van der Waals surface area contributed by atoms with Gasteiger partial charge >= 0.3 is 0 Å². The van der Waals surface area contributed by atoms with Crippen molar-refractivity contribution in [2.24, 2.45) is 11.7 Å². The van der Waals surface area contributed by atoms with Crippen LogP contribution in [0, 0.1) is 5.92 Å². The van der Waals surface area contributed by atoms with Crippen LogP contribution in [0.1, 0.15) is 25.3 Å². The SMILES string of the molecule is COCC1CCCN(c2ccc(CC(C)N)cc2Cl)C1. The van der Waals surface area contributed by atoms with Crippen molar-refractivity contribution in [2.45, 2.75) is 32.2 Å². The summed E-state index contributed by atoms with van der Waals surface area (Å²) in [6.07, 6.45) is 3.31. The number of nitrogens with two attached hydrogens (primary N) is 1. The molecular weight excluding hydrogens is 272 g/mol. The predicted molar refractivity (Wildman–Crippen MR) is 85.6 cm³/mol. The van der Waals surface area contributed by atoms with Gasteiger partial charge in [0.2, 0.25) is 0 Å². The summed E-state index contributed by atoms with van der Waals surface area (Å²) >= 11 is 6.46. The van der Waals surface area contributed by atoms with Gasteiger partial charge in [-0.25, -0.2) is 0 Å². The topological polar surface area (TPSA) is 38.5 Å². The van der Waals surface area contributed by atoms with E-state index >= 15 is 0 Å². The third-order valence-electron chi connectivity index (χ3n) is 3.83. The van der Waals surface area contributed by atoms with Crippen LogP contribution < -0.4 is 10.6 Å². The lowest BCUT2D eigenvalue weighted by atomic mass is 9.98. The summed E-state index contributed by atoms with van der Waals surface area (Å²) in [6.45, 7) is 4.95. The molecule has 20 heavy (non-hydrogen) atoms. The Hall–Kier alpha value is -0.770. The first-order valence-corrected chi connectivity index (χ1v) is 7.76. The van der Waals surface area contributed by atoms with Crippen molar-refractivity contribution >= 4 is 17.3 Å². The van der Waals surface area contributed by atoms with Gasteiger partial charge in [-0.15, -0.1) is 0 Å². The number of ether oxygens (including phenoxy) is 1. The van der Waals surface area contributed by atoms with Gasteiger partial charge in [0.05, 0.1) is 17.3 Å². The molecule has 0 bridgehead atoms. The first-order chi connectivity index (χ1) is 9.60. The molecule has 1 fully saturated rings. The van der Waals surface area contributed by atoms with Gasteiger partial charge in [0.1, 0.15) is 0 Å². The highest BCUT2D eigenvalue weighted by molar-refractivity contribution is 6.33. The third-order valence-corrected chi connectivity index (χ3v) is 4.13. The van der Waals surface area contributed by atoms with Gasteiger partial charge < -0.3 is 15.4 Å². The van der Waals surface area contributed by atoms with Crippen LogP contribution in [-0.2, 0) is 11.2 Å². The zero-order valence-corrected chi connectivity index (χ0v) is 13.2. The largest absolute Gasteiger partial charge is 0.384 e. The fourth-order valence-electron chi connectivity index (χ4n) is 2.96. The summed E-state index contributed by atoms with van der Waals surface area (Å²) in [7, 11) is 1.77. The lowest BCUT2D eigenvalue weighted by Crippen LogP contribution is -2.37. The highest BCUT2D eigenvalue weighted by atomic mass is 35.5. The Morgan fingerprint density at radius 2 is 2.30 bits per heavy atom. The lowest BCUT2D eigenvalue weighted by Gasteiger charge is -2.34. The number of hydrogen-bond acceptors (Lipinski definition) is 3. The highest BCUT2D eigenvalue weighted by Gasteiger charge is 2.21. The Labute approximate surface area is 127 Å². The van der Waals surface area contributed by atoms with E-state index in [1.54, 1.807) is 7.11 Å². The summed E-state index contributed by atoms with van der Waals surface area (Å²) in [6, 6.07) is 6.50. The van der Waals surface area contributed by atoms with Gasteiger partial charge in [-0.3, -0.25) is 0 Å². The molecule has 0 saturated carbocycles. The predicted octanol–water partition coefficient (Wildman–Crippen LogP) is 3.09. The Kier molecular flexibility index (Phi) is 5.70. The number of halogens is 1. The molecule has 1 aliphatic heterocycles. The maximum Gasteiger partial charge on any atom is 0.0642 e. The van der Waals surface area contributed by atoms with Gasteiger partial charge in [-0.05, 0) is 49.8 Å². The minimum Gasteiger partial charge on any atom is -0.384 e. The second-order valence-corrected chi connectivity index (χ2v) is 6.28. The van der Waals surface area contributed by atoms with Crippen molar-refractivity contribution in [3.63, 3.8) is 0 Å². The van der Waals surface area contributed by atoms with Crippen molar-refractivity contribution in [3.8, 4) is 0 Å². The van der Waals surface area contributed by atoms with Crippen LogP contribution in [0.2, 0.25) is 5.02 Å². The van der Waals surface area contributed by atoms with Gasteiger partial charge in [-0.1, -0.05) is 17.7 Å². The van der Waals surface area contributed by atoms with Crippen molar-refractivity contribution in [1.82, 2.24) is 0 Å². The molecule has 2 unspecified atom stereocenters. The molecule has 0 spiro atoms. The number of benzene rings is 1. The van der Waals surface area contributed by atoms with Crippen molar-refractivity contribution < 1.29 is 4.74 Å². The third kappa shape index (κ3) is 4.11. The van der Waals surface area contributed by atoms with E-state index in [9.17, 15) is 0 Å². The first-order valence-electron chi connectivity index (χ1n) is 7.38. The smallest absolute Gasteiger partial charge is 0.0642 e. The first kappa shape index (κ1) is 15.6. The summed E-state index contributed by atoms with van der Waals surface area (Å²) in [5.74, 6) is 0.605. The van der Waals surface area contributed by atoms with E-state index in [0.717, 1.165) is 36.8 Å². The van der Waals surface area contributed by atoms with Crippen LogP contribution in [0.5, 0.6) is 0 Å². The average molecular weight is 297 g/mol. The van der Waals surface area contributed by atoms with Crippen LogP contribution in [0.3, 0.4) is 0 Å². The monoisotopic (exact) mass is 296 g/mol. The highest BCUT2D eigenvalue weighted by Crippen LogP contribution is 2.31. The van der Waals surface area contributed by atoms with E-state index in [1.807, 2.05) is 6.92 Å². The van der Waals surface area contributed by atoms with E-state index in [4.69, 9.17) is 22.1 Å². The Balaban J connectivity index is 2.08. The van der Waals surface area contributed by atoms with Gasteiger partial charge in [0.25, 0.3) is 0 Å². The number of methoxy groups -OCH3 is 1. The summed E-state index contributed by atoms with van der Waals surface area (Å²) in [5, 5.41) is 0.834. The van der Waals surface area contributed by atoms with Gasteiger partial charge in [-0.2, -0.15) is 0 Å². The molecule has 2 rings (SSSR count). The molecule has 0 aliphatic carbocycles. The minimum atomic E-state index is 0.165. The molecular formula is C16H25ClN2O. The molecule has 2 N–H and O–H groups in total. The summed E-state index contributed by atoms with van der Waals surface area (Å²) < 4.78 is 5.29. The van der Waals surface area contributed by atoms with Crippen molar-refractivity contribution in [1.29, 1.82) is 0 Å². The Bertz CT molecular complexity index is 434. The van der Waals surface area contributed by atoms with Crippen molar-refractivity contribution in [3.05, 3.63) is 28.8 Å². The number of anilines is 1. The molecule has 0 radical (unpaired) electrons. The molecule has 1 saturated heterocycles. The van der Waals surface area contributed by atoms with E-state index in [-0.39, 0.29) is 6.04 Å². The van der Waals surface area contributed by atoms with E-state index in [2.05, 4.69) is 23.1 Å². The number of piperidine rings is 1. The molecule has 2 atom stereocenters. The van der Waals surface area contributed by atoms with Crippen LogP contribution in [0.4, 0.5) is 5.69 Å². The van der Waals surface area contributed by atoms with Gasteiger partial charge in [0, 0.05) is 26.2 Å². The van der Waals surface area contributed by atoms with E-state index < -0.39 is 0 Å².